The molecule has 8 heteroatoms. The fraction of sp³-hybridized carbons (Fsp3) is 0.429. The molecule has 3 aliphatic rings. The summed E-state index contributed by atoms with van der Waals surface area (Å²) in [5.41, 5.74) is 1.34. The Kier molecular flexibility index (Phi) is 7.26. The molecular formula is C28H30N2O4S2. The van der Waals surface area contributed by atoms with Crippen molar-refractivity contribution in [3.8, 4) is 0 Å². The minimum Gasteiger partial charge on any atom is -0.317 e. The van der Waals surface area contributed by atoms with Gasteiger partial charge in [0.2, 0.25) is 0 Å². The highest BCUT2D eigenvalue weighted by Crippen LogP contribution is 2.53. The van der Waals surface area contributed by atoms with Crippen LogP contribution in [0.5, 0.6) is 0 Å². The first kappa shape index (κ1) is 25.1. The molecule has 0 bridgehead atoms. The number of piperazine rings is 1. The van der Waals surface area contributed by atoms with E-state index in [1.165, 1.54) is 23.5 Å². The van der Waals surface area contributed by atoms with Gasteiger partial charge >= 0.3 is 0 Å². The molecule has 3 heterocycles. The highest BCUT2D eigenvalue weighted by atomic mass is 32.2. The Labute approximate surface area is 220 Å². The molecule has 5 rings (SSSR count). The number of Topliss-reactive ketones (excluding diaryl/α,β-unsaturated/α-hetero) is 2. The lowest BCUT2D eigenvalue weighted by atomic mass is 10.0. The first-order chi connectivity index (χ1) is 17.5. The molecule has 2 atom stereocenters. The third kappa shape index (κ3) is 4.39. The van der Waals surface area contributed by atoms with Crippen LogP contribution in [0.1, 0.15) is 59.2 Å². The van der Waals surface area contributed by atoms with Gasteiger partial charge in [0.25, 0.3) is 11.8 Å². The Balaban J connectivity index is 1.27. The number of carbonyl (C=O) groups excluding carboxylic acids is 4. The zero-order valence-electron chi connectivity index (χ0n) is 20.2. The normalized spacial score (nSPS) is 25.1. The monoisotopic (exact) mass is 522 g/mol. The number of fused-ring (bicyclic) bond motifs is 2. The van der Waals surface area contributed by atoms with E-state index in [0.29, 0.717) is 61.4 Å². The minimum absolute atomic E-state index is 0.00357. The quantitative estimate of drug-likeness (QED) is 0.423. The van der Waals surface area contributed by atoms with Gasteiger partial charge in [0.05, 0.1) is 0 Å². The molecule has 0 saturated carbocycles. The number of hydrogen-bond donors (Lipinski definition) is 0. The molecule has 2 aromatic carbocycles. The highest BCUT2D eigenvalue weighted by molar-refractivity contribution is 8.02. The maximum atomic E-state index is 14.0. The van der Waals surface area contributed by atoms with E-state index in [2.05, 4.69) is 0 Å². The molecule has 0 N–H and O–H groups in total. The molecule has 0 spiro atoms. The molecule has 0 aromatic heterocycles. The summed E-state index contributed by atoms with van der Waals surface area (Å²) in [5, 5.41) is 0. The third-order valence-electron chi connectivity index (χ3n) is 7.36. The summed E-state index contributed by atoms with van der Waals surface area (Å²) >= 11 is 2.91. The Morgan fingerprint density at radius 3 is 1.44 bits per heavy atom. The number of rotatable bonds is 10. The van der Waals surface area contributed by atoms with Gasteiger partial charge in [-0.1, -0.05) is 60.7 Å². The number of thioether (sulfide) groups is 2. The predicted molar refractivity (Wildman–Crippen MR) is 143 cm³/mol. The molecule has 0 unspecified atom stereocenters. The lowest BCUT2D eigenvalue weighted by Gasteiger charge is -2.52. The zero-order valence-corrected chi connectivity index (χ0v) is 21.8. The number of amides is 2. The molecule has 0 radical (unpaired) electrons. The lowest BCUT2D eigenvalue weighted by molar-refractivity contribution is -0.161. The Morgan fingerprint density at radius 1 is 0.667 bits per heavy atom. The van der Waals surface area contributed by atoms with Gasteiger partial charge < -0.3 is 9.80 Å². The van der Waals surface area contributed by atoms with Crippen LogP contribution >= 0.6 is 23.5 Å². The number of carbonyl (C=O) groups is 4. The van der Waals surface area contributed by atoms with E-state index in [1.807, 2.05) is 36.4 Å². The zero-order chi connectivity index (χ0) is 25.2. The Morgan fingerprint density at radius 2 is 1.06 bits per heavy atom. The molecule has 6 nitrogen and oxygen atoms in total. The van der Waals surface area contributed by atoms with Crippen molar-refractivity contribution in [2.45, 2.75) is 48.3 Å². The first-order valence-corrected chi connectivity index (χ1v) is 14.5. The lowest BCUT2D eigenvalue weighted by Crippen LogP contribution is -2.71. The van der Waals surface area contributed by atoms with Gasteiger partial charge in [-0.2, -0.15) is 0 Å². The van der Waals surface area contributed by atoms with E-state index in [9.17, 15) is 19.2 Å². The molecule has 36 heavy (non-hydrogen) atoms. The fourth-order valence-electron chi connectivity index (χ4n) is 5.57. The maximum Gasteiger partial charge on any atom is 0.260 e. The van der Waals surface area contributed by atoms with E-state index in [-0.39, 0.29) is 23.4 Å². The summed E-state index contributed by atoms with van der Waals surface area (Å²) in [6.07, 6.45) is 3.44. The van der Waals surface area contributed by atoms with Crippen LogP contribution in [0.15, 0.2) is 60.7 Å². The average Bonchev–Trinajstić information content (AvgIpc) is 3.54. The van der Waals surface area contributed by atoms with Crippen LogP contribution in [-0.4, -0.2) is 67.5 Å². The number of nitrogens with zero attached hydrogens (tertiary/aromatic N) is 2. The number of benzene rings is 2. The number of hydrogen-bond acceptors (Lipinski definition) is 6. The smallest absolute Gasteiger partial charge is 0.260 e. The molecule has 2 amide bonds. The van der Waals surface area contributed by atoms with E-state index in [1.54, 1.807) is 34.1 Å². The fourth-order valence-corrected chi connectivity index (χ4v) is 8.52. The van der Waals surface area contributed by atoms with Crippen molar-refractivity contribution in [3.05, 3.63) is 71.8 Å². The molecule has 3 aliphatic heterocycles. The van der Waals surface area contributed by atoms with Crippen molar-refractivity contribution >= 4 is 46.9 Å². The predicted octanol–water partition coefficient (Wildman–Crippen LogP) is 4.65. The van der Waals surface area contributed by atoms with E-state index >= 15 is 0 Å². The topological polar surface area (TPSA) is 74.8 Å². The summed E-state index contributed by atoms with van der Waals surface area (Å²) < 4.78 is 0. The Bertz CT molecular complexity index is 1070. The van der Waals surface area contributed by atoms with Crippen molar-refractivity contribution in [2.75, 3.05) is 24.6 Å². The van der Waals surface area contributed by atoms with Gasteiger partial charge in [0, 0.05) is 48.6 Å². The van der Waals surface area contributed by atoms with Crippen molar-refractivity contribution in [2.24, 2.45) is 0 Å². The maximum absolute atomic E-state index is 14.0. The van der Waals surface area contributed by atoms with E-state index in [4.69, 9.17) is 0 Å². The third-order valence-corrected chi connectivity index (χ3v) is 10.3. The van der Waals surface area contributed by atoms with Gasteiger partial charge in [0.15, 0.2) is 21.3 Å². The second kappa shape index (κ2) is 10.4. The number of ketones is 2. The molecule has 188 valence electrons. The summed E-state index contributed by atoms with van der Waals surface area (Å²) in [6.45, 7) is 1.12. The Hall–Kier alpha value is -2.58. The molecule has 2 aromatic rings. The van der Waals surface area contributed by atoms with E-state index in [0.717, 1.165) is 12.8 Å². The minimum atomic E-state index is -0.914. The second-order valence-electron chi connectivity index (χ2n) is 9.46. The van der Waals surface area contributed by atoms with Crippen LogP contribution in [-0.2, 0) is 9.59 Å². The summed E-state index contributed by atoms with van der Waals surface area (Å²) in [7, 11) is 0. The van der Waals surface area contributed by atoms with Gasteiger partial charge in [-0.05, 0) is 25.7 Å². The van der Waals surface area contributed by atoms with Crippen LogP contribution in [0.3, 0.4) is 0 Å². The summed E-state index contributed by atoms with van der Waals surface area (Å²) in [4.78, 5) is 54.9. The van der Waals surface area contributed by atoms with Crippen LogP contribution < -0.4 is 0 Å². The van der Waals surface area contributed by atoms with E-state index < -0.39 is 9.74 Å². The molecule has 0 aliphatic carbocycles. The largest absolute Gasteiger partial charge is 0.317 e. The van der Waals surface area contributed by atoms with Crippen LogP contribution in [0.2, 0.25) is 0 Å². The highest BCUT2D eigenvalue weighted by Gasteiger charge is 2.66. The molecular weight excluding hydrogens is 492 g/mol. The first-order valence-electron chi connectivity index (χ1n) is 12.6. The standard InChI is InChI=1S/C28H30N2O4S2/c31-23(21-9-3-1-4-10-21)13-19-35-27-15-7-17-29(27)26(34)28(16-8-18-30(28)25(27)33)36-20-14-24(32)22-11-5-2-6-12-22/h1-6,9-12H,7-8,13-20H2/t27-,28-/m0/s1. The van der Waals surface area contributed by atoms with Gasteiger partial charge in [-0.15, -0.1) is 23.5 Å². The molecule has 3 saturated heterocycles. The van der Waals surface area contributed by atoms with Crippen LogP contribution in [0, 0.1) is 0 Å². The summed E-state index contributed by atoms with van der Waals surface area (Å²) in [6, 6.07) is 18.4. The summed E-state index contributed by atoms with van der Waals surface area (Å²) in [5.74, 6) is 1.07. The van der Waals surface area contributed by atoms with Gasteiger partial charge in [-0.25, -0.2) is 0 Å². The average molecular weight is 523 g/mol. The van der Waals surface area contributed by atoms with Crippen molar-refractivity contribution in [1.29, 1.82) is 0 Å². The van der Waals surface area contributed by atoms with Crippen molar-refractivity contribution < 1.29 is 19.2 Å². The van der Waals surface area contributed by atoms with Crippen molar-refractivity contribution in [3.63, 3.8) is 0 Å². The van der Waals surface area contributed by atoms with Crippen LogP contribution in [0.25, 0.3) is 0 Å². The van der Waals surface area contributed by atoms with Gasteiger partial charge in [0.1, 0.15) is 0 Å². The van der Waals surface area contributed by atoms with Crippen LogP contribution in [0.4, 0.5) is 0 Å². The van der Waals surface area contributed by atoms with Crippen molar-refractivity contribution in [1.82, 2.24) is 9.80 Å². The molecule has 3 fully saturated rings. The SMILES string of the molecule is O=C(CCS[C@]12CCCN1C(=O)[C@@]1(SCCC(=O)c3ccccc3)CCCN1C2=O)c1ccccc1. The second-order valence-corrected chi connectivity index (χ2v) is 12.2. The van der Waals surface area contributed by atoms with Gasteiger partial charge in [-0.3, -0.25) is 19.2 Å².